The van der Waals surface area contributed by atoms with Crippen LogP contribution >= 0.6 is 23.1 Å². The molecule has 17 heavy (non-hydrogen) atoms. The van der Waals surface area contributed by atoms with E-state index in [0.29, 0.717) is 0 Å². The molecular weight excluding hydrogens is 256 g/mol. The van der Waals surface area contributed by atoms with Gasteiger partial charge in [-0.25, -0.2) is 0 Å². The second-order valence-corrected chi connectivity index (χ2v) is 5.60. The number of aromatic nitrogens is 2. The Morgan fingerprint density at radius 3 is 2.76 bits per heavy atom. The van der Waals surface area contributed by atoms with Crippen molar-refractivity contribution in [3.8, 4) is 0 Å². The van der Waals surface area contributed by atoms with Crippen LogP contribution in [-0.2, 0) is 4.79 Å². The first-order valence-electron chi connectivity index (χ1n) is 4.95. The van der Waals surface area contributed by atoms with Crippen LogP contribution < -0.4 is 0 Å². The van der Waals surface area contributed by atoms with E-state index in [4.69, 9.17) is 5.11 Å². The molecule has 1 heterocycles. The number of carboxylic acids is 1. The highest BCUT2D eigenvalue weighted by atomic mass is 32.2. The number of hydrogen-bond donors (Lipinski definition) is 1. The highest BCUT2D eigenvalue weighted by molar-refractivity contribution is 8.01. The van der Waals surface area contributed by atoms with Crippen LogP contribution in [0.25, 0.3) is 0 Å². The number of hydrogen-bond acceptors (Lipinski definition) is 5. The van der Waals surface area contributed by atoms with Gasteiger partial charge in [0.15, 0.2) is 4.34 Å². The molecule has 1 aromatic carbocycles. The van der Waals surface area contributed by atoms with Gasteiger partial charge in [-0.1, -0.05) is 53.4 Å². The van der Waals surface area contributed by atoms with Gasteiger partial charge in [-0.15, -0.1) is 10.2 Å². The predicted molar refractivity (Wildman–Crippen MR) is 67.2 cm³/mol. The second-order valence-electron chi connectivity index (χ2n) is 3.32. The Labute approximate surface area is 107 Å². The zero-order valence-corrected chi connectivity index (χ0v) is 10.4. The van der Waals surface area contributed by atoms with Crippen molar-refractivity contribution in [2.24, 2.45) is 0 Å². The van der Waals surface area contributed by atoms with Gasteiger partial charge in [0.2, 0.25) is 0 Å². The molecule has 0 aliphatic heterocycles. The molecule has 0 radical (unpaired) electrons. The minimum absolute atomic E-state index is 0.0776. The predicted octanol–water partition coefficient (Wildman–Crippen LogP) is 2.85. The summed E-state index contributed by atoms with van der Waals surface area (Å²) in [6, 6.07) is 9.59. The summed E-state index contributed by atoms with van der Waals surface area (Å²) in [5, 5.41) is 16.5. The average molecular weight is 266 g/mol. The number of aliphatic carboxylic acids is 1. The Morgan fingerprint density at radius 2 is 2.18 bits per heavy atom. The molecule has 0 aliphatic rings. The summed E-state index contributed by atoms with van der Waals surface area (Å²) >= 11 is 2.86. The molecule has 1 N–H and O–H groups in total. The van der Waals surface area contributed by atoms with Crippen molar-refractivity contribution in [2.75, 3.05) is 0 Å². The molecule has 6 heteroatoms. The SMILES string of the molecule is O=C(O)CC(Sc1nncs1)c1ccccc1. The zero-order chi connectivity index (χ0) is 12.1. The quantitative estimate of drug-likeness (QED) is 0.843. The minimum Gasteiger partial charge on any atom is -0.481 e. The first-order chi connectivity index (χ1) is 8.25. The maximum absolute atomic E-state index is 10.9. The fraction of sp³-hybridized carbons (Fsp3) is 0.182. The first kappa shape index (κ1) is 12.1. The molecule has 4 nitrogen and oxygen atoms in total. The van der Waals surface area contributed by atoms with Crippen LogP contribution in [0, 0.1) is 0 Å². The summed E-state index contributed by atoms with van der Waals surface area (Å²) in [7, 11) is 0. The molecule has 0 saturated carbocycles. The van der Waals surface area contributed by atoms with Crippen molar-refractivity contribution < 1.29 is 9.90 Å². The summed E-state index contributed by atoms with van der Waals surface area (Å²) < 4.78 is 0.792. The third-order valence-corrected chi connectivity index (χ3v) is 4.18. The van der Waals surface area contributed by atoms with E-state index in [1.165, 1.54) is 23.1 Å². The smallest absolute Gasteiger partial charge is 0.304 e. The third kappa shape index (κ3) is 3.54. The van der Waals surface area contributed by atoms with Crippen molar-refractivity contribution in [2.45, 2.75) is 16.0 Å². The third-order valence-electron chi connectivity index (χ3n) is 2.11. The van der Waals surface area contributed by atoms with E-state index >= 15 is 0 Å². The zero-order valence-electron chi connectivity index (χ0n) is 8.81. The molecule has 0 bridgehead atoms. The number of carbonyl (C=O) groups is 1. The van der Waals surface area contributed by atoms with Crippen molar-refractivity contribution >= 4 is 29.1 Å². The van der Waals surface area contributed by atoms with Gasteiger partial charge in [0.05, 0.1) is 6.42 Å². The van der Waals surface area contributed by atoms with E-state index in [9.17, 15) is 4.79 Å². The molecule has 2 rings (SSSR count). The highest BCUT2D eigenvalue weighted by Crippen LogP contribution is 2.38. The maximum atomic E-state index is 10.9. The van der Waals surface area contributed by atoms with Crippen molar-refractivity contribution in [3.05, 3.63) is 41.4 Å². The number of carboxylic acid groups (broad SMARTS) is 1. The van der Waals surface area contributed by atoms with Gasteiger partial charge in [0.1, 0.15) is 5.51 Å². The fourth-order valence-electron chi connectivity index (χ4n) is 1.39. The van der Waals surface area contributed by atoms with Crippen LogP contribution in [0.3, 0.4) is 0 Å². The van der Waals surface area contributed by atoms with Gasteiger partial charge in [-0.05, 0) is 5.56 Å². The lowest BCUT2D eigenvalue weighted by molar-refractivity contribution is -0.137. The summed E-state index contributed by atoms with van der Waals surface area (Å²) in [5.74, 6) is -0.809. The molecule has 0 aliphatic carbocycles. The normalized spacial score (nSPS) is 12.2. The number of nitrogens with zero attached hydrogens (tertiary/aromatic N) is 2. The van der Waals surface area contributed by atoms with E-state index in [1.807, 2.05) is 30.3 Å². The van der Waals surface area contributed by atoms with Crippen molar-refractivity contribution in [1.82, 2.24) is 10.2 Å². The van der Waals surface area contributed by atoms with Crippen LogP contribution in [0.5, 0.6) is 0 Å². The molecule has 1 atom stereocenters. The van der Waals surface area contributed by atoms with Gasteiger partial charge >= 0.3 is 5.97 Å². The molecular formula is C11H10N2O2S2. The molecule has 0 spiro atoms. The van der Waals surface area contributed by atoms with Gasteiger partial charge in [0, 0.05) is 5.25 Å². The molecule has 0 fully saturated rings. The van der Waals surface area contributed by atoms with Crippen molar-refractivity contribution in [3.63, 3.8) is 0 Å². The van der Waals surface area contributed by atoms with Crippen LogP contribution in [-0.4, -0.2) is 21.3 Å². The fourth-order valence-corrected chi connectivity index (χ4v) is 3.23. The summed E-state index contributed by atoms with van der Waals surface area (Å²) in [6.07, 6.45) is 0.0776. The van der Waals surface area contributed by atoms with Gasteiger partial charge in [-0.3, -0.25) is 4.79 Å². The molecule has 0 amide bonds. The van der Waals surface area contributed by atoms with Crippen LogP contribution in [0.2, 0.25) is 0 Å². The van der Waals surface area contributed by atoms with E-state index in [1.54, 1.807) is 5.51 Å². The highest BCUT2D eigenvalue weighted by Gasteiger charge is 2.18. The Bertz CT molecular complexity index is 473. The lowest BCUT2D eigenvalue weighted by atomic mass is 10.1. The molecule has 88 valence electrons. The minimum atomic E-state index is -0.809. The Kier molecular flexibility index (Phi) is 4.11. The largest absolute Gasteiger partial charge is 0.481 e. The lowest BCUT2D eigenvalue weighted by Gasteiger charge is -2.12. The lowest BCUT2D eigenvalue weighted by Crippen LogP contribution is -2.03. The number of rotatable bonds is 5. The van der Waals surface area contributed by atoms with Crippen molar-refractivity contribution in [1.29, 1.82) is 0 Å². The molecule has 1 aromatic heterocycles. The maximum Gasteiger partial charge on any atom is 0.304 e. The summed E-state index contributed by atoms with van der Waals surface area (Å²) in [6.45, 7) is 0. The van der Waals surface area contributed by atoms with Gasteiger partial charge in [0.25, 0.3) is 0 Å². The Hall–Kier alpha value is -1.40. The average Bonchev–Trinajstić information content (AvgIpc) is 2.82. The first-order valence-corrected chi connectivity index (χ1v) is 6.71. The van der Waals surface area contributed by atoms with E-state index < -0.39 is 5.97 Å². The number of benzene rings is 1. The molecule has 2 aromatic rings. The number of thioether (sulfide) groups is 1. The summed E-state index contributed by atoms with van der Waals surface area (Å²) in [5.41, 5.74) is 2.64. The van der Waals surface area contributed by atoms with Crippen LogP contribution in [0.1, 0.15) is 17.2 Å². The monoisotopic (exact) mass is 266 g/mol. The van der Waals surface area contributed by atoms with Crippen LogP contribution in [0.4, 0.5) is 0 Å². The standard InChI is InChI=1S/C11H10N2O2S2/c14-10(15)6-9(8-4-2-1-3-5-8)17-11-13-12-7-16-11/h1-5,7,9H,6H2,(H,14,15). The Balaban J connectivity index is 2.16. The van der Waals surface area contributed by atoms with Gasteiger partial charge in [-0.2, -0.15) is 0 Å². The second kappa shape index (κ2) is 5.79. The molecule has 0 saturated heterocycles. The van der Waals surface area contributed by atoms with E-state index in [0.717, 1.165) is 9.90 Å². The van der Waals surface area contributed by atoms with Crippen LogP contribution in [0.15, 0.2) is 40.2 Å². The molecule has 1 unspecified atom stereocenters. The topological polar surface area (TPSA) is 63.1 Å². The van der Waals surface area contributed by atoms with Gasteiger partial charge < -0.3 is 5.11 Å². The Morgan fingerprint density at radius 1 is 1.41 bits per heavy atom. The van der Waals surface area contributed by atoms with E-state index in [-0.39, 0.29) is 11.7 Å². The van der Waals surface area contributed by atoms with E-state index in [2.05, 4.69) is 10.2 Å². The summed E-state index contributed by atoms with van der Waals surface area (Å²) in [4.78, 5) is 10.9.